The summed E-state index contributed by atoms with van der Waals surface area (Å²) in [6.45, 7) is 14.0. The summed E-state index contributed by atoms with van der Waals surface area (Å²) < 4.78 is 30.2. The van der Waals surface area contributed by atoms with Gasteiger partial charge >= 0.3 is 0 Å². The molecule has 1 aromatic carbocycles. The Morgan fingerprint density at radius 3 is 2.14 bits per heavy atom. The van der Waals surface area contributed by atoms with E-state index in [9.17, 15) is 13.2 Å². The maximum atomic E-state index is 13.1. The van der Waals surface area contributed by atoms with E-state index < -0.39 is 15.9 Å². The van der Waals surface area contributed by atoms with Gasteiger partial charge < -0.3 is 9.80 Å². The van der Waals surface area contributed by atoms with Crippen LogP contribution in [0.3, 0.4) is 0 Å². The molecule has 0 fully saturated rings. The highest BCUT2D eigenvalue weighted by atomic mass is 32.2. The van der Waals surface area contributed by atoms with E-state index >= 15 is 0 Å². The van der Waals surface area contributed by atoms with Gasteiger partial charge in [-0.3, -0.25) is 4.79 Å². The number of amides is 1. The lowest BCUT2D eigenvalue weighted by Crippen LogP contribution is -2.36. The normalized spacial score (nSPS) is 16.7. The van der Waals surface area contributed by atoms with Crippen LogP contribution in [0.25, 0.3) is 5.57 Å². The SMILES string of the molecule is CCN(CC)C(=O)C(C)C1=C(C)C(N(CC)CC)=NS(=O)(=O)c2ccccc21. The third kappa shape index (κ3) is 3.99. The van der Waals surface area contributed by atoms with Crippen LogP contribution in [0.15, 0.2) is 39.1 Å². The first-order valence-electron chi connectivity index (χ1n) is 9.92. The van der Waals surface area contributed by atoms with Gasteiger partial charge in [-0.25, -0.2) is 0 Å². The molecule has 1 aromatic rings. The fourth-order valence-electron chi connectivity index (χ4n) is 3.78. The second-order valence-corrected chi connectivity index (χ2v) is 8.40. The number of rotatable bonds is 6. The van der Waals surface area contributed by atoms with E-state index in [1.807, 2.05) is 46.4 Å². The summed E-state index contributed by atoms with van der Waals surface area (Å²) in [5.74, 6) is -0.0575. The molecule has 0 radical (unpaired) electrons. The average molecular weight is 406 g/mol. The highest BCUT2D eigenvalue weighted by Crippen LogP contribution is 2.37. The van der Waals surface area contributed by atoms with Gasteiger partial charge in [-0.1, -0.05) is 18.2 Å². The molecule has 1 unspecified atom stereocenters. The number of carbonyl (C=O) groups is 1. The molecule has 0 aromatic heterocycles. The third-order valence-corrected chi connectivity index (χ3v) is 6.67. The van der Waals surface area contributed by atoms with Gasteiger partial charge in [-0.05, 0) is 64.3 Å². The molecule has 1 aliphatic heterocycles. The molecule has 0 bridgehead atoms. The summed E-state index contributed by atoms with van der Waals surface area (Å²) in [5, 5.41) is 0. The zero-order valence-electron chi connectivity index (χ0n) is 17.7. The molecule has 0 saturated carbocycles. The number of hydrogen-bond donors (Lipinski definition) is 0. The number of sulfonamides is 1. The van der Waals surface area contributed by atoms with Gasteiger partial charge in [0.15, 0.2) is 0 Å². The van der Waals surface area contributed by atoms with Crippen LogP contribution in [0.1, 0.15) is 47.1 Å². The van der Waals surface area contributed by atoms with Gasteiger partial charge in [0.1, 0.15) is 5.84 Å². The van der Waals surface area contributed by atoms with Crippen molar-refractivity contribution >= 4 is 27.3 Å². The van der Waals surface area contributed by atoms with E-state index in [-0.39, 0.29) is 10.8 Å². The van der Waals surface area contributed by atoms with Crippen LogP contribution < -0.4 is 0 Å². The molecule has 0 saturated heterocycles. The molecule has 1 aliphatic rings. The lowest BCUT2D eigenvalue weighted by Gasteiger charge is -2.28. The van der Waals surface area contributed by atoms with Crippen LogP contribution in [0.5, 0.6) is 0 Å². The molecule has 154 valence electrons. The lowest BCUT2D eigenvalue weighted by atomic mass is 9.88. The van der Waals surface area contributed by atoms with Gasteiger partial charge in [-0.2, -0.15) is 8.42 Å². The zero-order valence-corrected chi connectivity index (χ0v) is 18.5. The van der Waals surface area contributed by atoms with Gasteiger partial charge in [0.2, 0.25) is 5.91 Å². The molecule has 1 amide bonds. The summed E-state index contributed by atoms with van der Waals surface area (Å²) in [5.41, 5.74) is 2.04. The van der Waals surface area contributed by atoms with Crippen LogP contribution in [-0.4, -0.2) is 56.1 Å². The van der Waals surface area contributed by atoms with E-state index in [2.05, 4.69) is 4.40 Å². The number of nitrogens with zero attached hydrogens (tertiary/aromatic N) is 3. The molecule has 28 heavy (non-hydrogen) atoms. The number of hydrogen-bond acceptors (Lipinski definition) is 4. The molecular weight excluding hydrogens is 374 g/mol. The molecular formula is C21H31N3O3S. The Kier molecular flexibility index (Phi) is 7.04. The van der Waals surface area contributed by atoms with Gasteiger partial charge in [0.25, 0.3) is 10.0 Å². The molecule has 0 aliphatic carbocycles. The molecule has 1 atom stereocenters. The van der Waals surface area contributed by atoms with Gasteiger partial charge in [0, 0.05) is 26.2 Å². The fraction of sp³-hybridized carbons (Fsp3) is 0.524. The second kappa shape index (κ2) is 8.90. The predicted molar refractivity (Wildman–Crippen MR) is 114 cm³/mol. The Labute approximate surface area is 169 Å². The highest BCUT2D eigenvalue weighted by Gasteiger charge is 2.33. The van der Waals surface area contributed by atoms with Crippen LogP contribution in [0.4, 0.5) is 0 Å². The quantitative estimate of drug-likeness (QED) is 0.727. The Balaban J connectivity index is 2.80. The zero-order chi connectivity index (χ0) is 21.1. The lowest BCUT2D eigenvalue weighted by molar-refractivity contribution is -0.132. The Morgan fingerprint density at radius 2 is 1.61 bits per heavy atom. The van der Waals surface area contributed by atoms with Crippen molar-refractivity contribution in [2.75, 3.05) is 26.2 Å². The van der Waals surface area contributed by atoms with Crippen LogP contribution in [-0.2, 0) is 14.8 Å². The Hall–Kier alpha value is -2.15. The number of fused-ring (bicyclic) bond motifs is 1. The van der Waals surface area contributed by atoms with E-state index in [4.69, 9.17) is 0 Å². The van der Waals surface area contributed by atoms with Gasteiger partial charge in [0.05, 0.1) is 10.8 Å². The van der Waals surface area contributed by atoms with Crippen molar-refractivity contribution in [2.24, 2.45) is 10.3 Å². The number of likely N-dealkylation sites (N-methyl/N-ethyl adjacent to an activating group) is 1. The van der Waals surface area contributed by atoms with Crippen molar-refractivity contribution in [3.8, 4) is 0 Å². The van der Waals surface area contributed by atoms with Crippen molar-refractivity contribution in [1.29, 1.82) is 0 Å². The van der Waals surface area contributed by atoms with Crippen molar-refractivity contribution in [3.05, 3.63) is 35.4 Å². The van der Waals surface area contributed by atoms with E-state index in [1.54, 1.807) is 29.2 Å². The largest absolute Gasteiger partial charge is 0.356 e. The van der Waals surface area contributed by atoms with E-state index in [1.165, 1.54) is 0 Å². The first kappa shape index (κ1) is 22.1. The van der Waals surface area contributed by atoms with Crippen molar-refractivity contribution in [2.45, 2.75) is 46.4 Å². The van der Waals surface area contributed by atoms with Crippen molar-refractivity contribution < 1.29 is 13.2 Å². The maximum Gasteiger partial charge on any atom is 0.284 e. The van der Waals surface area contributed by atoms with Crippen molar-refractivity contribution in [1.82, 2.24) is 9.80 Å². The summed E-state index contributed by atoms with van der Waals surface area (Å²) in [4.78, 5) is 17.0. The van der Waals surface area contributed by atoms with Crippen LogP contribution in [0.2, 0.25) is 0 Å². The summed E-state index contributed by atoms with van der Waals surface area (Å²) in [6, 6.07) is 6.84. The topological polar surface area (TPSA) is 70.1 Å². The van der Waals surface area contributed by atoms with E-state index in [0.717, 1.165) is 11.1 Å². The minimum absolute atomic E-state index is 0.00709. The van der Waals surface area contributed by atoms with E-state index in [0.29, 0.717) is 37.6 Å². The number of carbonyl (C=O) groups excluding carboxylic acids is 1. The predicted octanol–water partition coefficient (Wildman–Crippen LogP) is 3.41. The summed E-state index contributed by atoms with van der Waals surface area (Å²) in [6.07, 6.45) is 0. The number of benzene rings is 1. The standard InChI is InChI=1S/C21H31N3O3S/c1-7-23(8-2)20-15(5)19(16(6)21(25)24(9-3)10-4)17-13-11-12-14-18(17)28(26,27)22-20/h11-14,16H,7-10H2,1-6H3. The third-order valence-electron chi connectivity index (χ3n) is 5.34. The summed E-state index contributed by atoms with van der Waals surface area (Å²) in [7, 11) is -3.87. The number of amidine groups is 1. The second-order valence-electron chi connectivity index (χ2n) is 6.83. The molecule has 2 rings (SSSR count). The monoisotopic (exact) mass is 405 g/mol. The van der Waals surface area contributed by atoms with Crippen LogP contribution >= 0.6 is 0 Å². The van der Waals surface area contributed by atoms with Gasteiger partial charge in [-0.15, -0.1) is 4.40 Å². The molecule has 0 N–H and O–H groups in total. The van der Waals surface area contributed by atoms with Crippen molar-refractivity contribution in [3.63, 3.8) is 0 Å². The highest BCUT2D eigenvalue weighted by molar-refractivity contribution is 7.90. The summed E-state index contributed by atoms with van der Waals surface area (Å²) >= 11 is 0. The molecule has 6 nitrogen and oxygen atoms in total. The molecule has 7 heteroatoms. The van der Waals surface area contributed by atoms with Crippen LogP contribution in [0, 0.1) is 5.92 Å². The minimum Gasteiger partial charge on any atom is -0.356 e. The maximum absolute atomic E-state index is 13.1. The average Bonchev–Trinajstić information content (AvgIpc) is 2.76. The molecule has 1 heterocycles. The first-order valence-corrected chi connectivity index (χ1v) is 11.4. The first-order chi connectivity index (χ1) is 13.2. The Morgan fingerprint density at radius 1 is 1.04 bits per heavy atom. The molecule has 0 spiro atoms. The fourth-order valence-corrected chi connectivity index (χ4v) is 5.06. The Bertz CT molecular complexity index is 895. The smallest absolute Gasteiger partial charge is 0.284 e. The minimum atomic E-state index is -3.87.